The third-order valence-electron chi connectivity index (χ3n) is 8.36. The minimum absolute atomic E-state index is 0.0682. The summed E-state index contributed by atoms with van der Waals surface area (Å²) in [6.07, 6.45) is 0. The zero-order chi connectivity index (χ0) is 30.0. The summed E-state index contributed by atoms with van der Waals surface area (Å²) >= 11 is 0. The molecule has 1 unspecified atom stereocenters. The predicted octanol–water partition coefficient (Wildman–Crippen LogP) is 4.28. The molecule has 4 aromatic rings. The van der Waals surface area contributed by atoms with E-state index in [4.69, 9.17) is 5.73 Å². The number of halogens is 2. The molecule has 0 spiro atoms. The zero-order valence-corrected chi connectivity index (χ0v) is 24.3. The first-order valence-corrected chi connectivity index (χ1v) is 14.3. The van der Waals surface area contributed by atoms with Crippen molar-refractivity contribution >= 4 is 5.69 Å². The van der Waals surface area contributed by atoms with Crippen LogP contribution in [0.15, 0.2) is 76.3 Å². The second-order valence-corrected chi connectivity index (χ2v) is 11.1. The molecule has 42 heavy (non-hydrogen) atoms. The van der Waals surface area contributed by atoms with E-state index in [0.29, 0.717) is 24.5 Å². The first-order valence-electron chi connectivity index (χ1n) is 14.3. The molecule has 1 saturated heterocycles. The van der Waals surface area contributed by atoms with E-state index in [1.54, 1.807) is 6.92 Å². The van der Waals surface area contributed by atoms with Gasteiger partial charge in [0, 0.05) is 50.0 Å². The normalized spacial score (nSPS) is 14.8. The van der Waals surface area contributed by atoms with Crippen LogP contribution in [-0.4, -0.2) is 40.2 Å². The molecule has 1 aliphatic heterocycles. The Bertz CT molecular complexity index is 1650. The molecule has 9 heteroatoms. The maximum absolute atomic E-state index is 14.7. The van der Waals surface area contributed by atoms with Crippen LogP contribution in [0.4, 0.5) is 14.5 Å². The highest BCUT2D eigenvalue weighted by Crippen LogP contribution is 2.22. The second kappa shape index (κ2) is 12.4. The summed E-state index contributed by atoms with van der Waals surface area (Å²) in [6, 6.07) is 18.5. The number of nitrogens with two attached hydrogens (primary N) is 1. The molecule has 0 saturated carbocycles. The molecule has 2 N–H and O–H groups in total. The lowest BCUT2D eigenvalue weighted by molar-refractivity contribution is 0.248. The standard InChI is InChI=1S/C33H37F2N5O2/c1-22-9-7-10-23(2)26(22)19-37-15-17-38(18-16-37)31-24(3)39(20-27-28(34)13-8-14-29(27)35)33(42)40(32(31)41)21-30(36)25-11-5-4-6-12-25/h4-14,30H,15-21,36H2,1-3H3. The molecule has 3 aromatic carbocycles. The fourth-order valence-corrected chi connectivity index (χ4v) is 5.79. The molecular weight excluding hydrogens is 536 g/mol. The molecule has 0 bridgehead atoms. The number of anilines is 1. The minimum atomic E-state index is -0.748. The van der Waals surface area contributed by atoms with E-state index < -0.39 is 28.9 Å². The van der Waals surface area contributed by atoms with Gasteiger partial charge in [0.05, 0.1) is 13.1 Å². The van der Waals surface area contributed by atoms with Crippen molar-refractivity contribution in [3.8, 4) is 0 Å². The number of hydrogen-bond donors (Lipinski definition) is 1. The monoisotopic (exact) mass is 573 g/mol. The van der Waals surface area contributed by atoms with Crippen LogP contribution in [-0.2, 0) is 19.6 Å². The van der Waals surface area contributed by atoms with Gasteiger partial charge < -0.3 is 10.6 Å². The van der Waals surface area contributed by atoms with Crippen LogP contribution in [0.1, 0.15) is 39.6 Å². The van der Waals surface area contributed by atoms with Gasteiger partial charge in [0.1, 0.15) is 17.3 Å². The van der Waals surface area contributed by atoms with Gasteiger partial charge in [0.15, 0.2) is 0 Å². The summed E-state index contributed by atoms with van der Waals surface area (Å²) in [5, 5.41) is 0. The summed E-state index contributed by atoms with van der Waals surface area (Å²) in [5.41, 5.74) is 10.4. The molecule has 1 fully saturated rings. The minimum Gasteiger partial charge on any atom is -0.363 e. The van der Waals surface area contributed by atoms with Crippen molar-refractivity contribution in [2.24, 2.45) is 5.73 Å². The molecule has 220 valence electrons. The largest absolute Gasteiger partial charge is 0.363 e. The second-order valence-electron chi connectivity index (χ2n) is 11.1. The van der Waals surface area contributed by atoms with Gasteiger partial charge in [-0.2, -0.15) is 0 Å². The van der Waals surface area contributed by atoms with Crippen molar-refractivity contribution in [1.29, 1.82) is 0 Å². The van der Waals surface area contributed by atoms with Gasteiger partial charge in [-0.15, -0.1) is 0 Å². The molecule has 1 aliphatic rings. The van der Waals surface area contributed by atoms with Crippen molar-refractivity contribution in [1.82, 2.24) is 14.0 Å². The van der Waals surface area contributed by atoms with Crippen LogP contribution >= 0.6 is 0 Å². The number of benzene rings is 3. The van der Waals surface area contributed by atoms with Gasteiger partial charge in [-0.1, -0.05) is 54.6 Å². The molecule has 7 nitrogen and oxygen atoms in total. The number of aromatic nitrogens is 2. The Labute approximate surface area is 244 Å². The fourth-order valence-electron chi connectivity index (χ4n) is 5.79. The quantitative estimate of drug-likeness (QED) is 0.341. The number of nitrogens with zero attached hydrogens (tertiary/aromatic N) is 4. The Morgan fingerprint density at radius 2 is 1.33 bits per heavy atom. The third kappa shape index (κ3) is 5.93. The zero-order valence-electron chi connectivity index (χ0n) is 24.3. The van der Waals surface area contributed by atoms with Gasteiger partial charge in [-0.25, -0.2) is 13.6 Å². The van der Waals surface area contributed by atoms with Crippen molar-refractivity contribution in [3.63, 3.8) is 0 Å². The fraction of sp³-hybridized carbons (Fsp3) is 0.333. The van der Waals surface area contributed by atoms with Crippen LogP contribution in [0.2, 0.25) is 0 Å². The van der Waals surface area contributed by atoms with Crippen LogP contribution in [0.5, 0.6) is 0 Å². The van der Waals surface area contributed by atoms with E-state index in [-0.39, 0.29) is 18.7 Å². The van der Waals surface area contributed by atoms with Crippen LogP contribution in [0.25, 0.3) is 0 Å². The summed E-state index contributed by atoms with van der Waals surface area (Å²) in [6.45, 7) is 8.88. The molecule has 2 heterocycles. The highest BCUT2D eigenvalue weighted by Gasteiger charge is 2.27. The lowest BCUT2D eigenvalue weighted by Crippen LogP contribution is -2.51. The van der Waals surface area contributed by atoms with Gasteiger partial charge in [0.25, 0.3) is 5.56 Å². The summed E-state index contributed by atoms with van der Waals surface area (Å²) < 4.78 is 31.8. The van der Waals surface area contributed by atoms with Crippen LogP contribution in [0, 0.1) is 32.4 Å². The molecule has 0 radical (unpaired) electrons. The lowest BCUT2D eigenvalue weighted by atomic mass is 10.0. The molecule has 0 aliphatic carbocycles. The van der Waals surface area contributed by atoms with Crippen molar-refractivity contribution in [2.75, 3.05) is 31.1 Å². The van der Waals surface area contributed by atoms with E-state index in [1.807, 2.05) is 35.2 Å². The van der Waals surface area contributed by atoms with Gasteiger partial charge in [0.2, 0.25) is 0 Å². The summed E-state index contributed by atoms with van der Waals surface area (Å²) in [5.74, 6) is -1.50. The van der Waals surface area contributed by atoms with E-state index in [0.717, 1.165) is 41.9 Å². The highest BCUT2D eigenvalue weighted by molar-refractivity contribution is 5.50. The topological polar surface area (TPSA) is 76.5 Å². The van der Waals surface area contributed by atoms with Gasteiger partial charge in [-0.05, 0) is 55.2 Å². The maximum Gasteiger partial charge on any atom is 0.331 e. The first-order chi connectivity index (χ1) is 20.2. The molecule has 5 rings (SSSR count). The smallest absolute Gasteiger partial charge is 0.331 e. The Kier molecular flexibility index (Phi) is 8.70. The number of hydrogen-bond acceptors (Lipinski definition) is 5. The Morgan fingerprint density at radius 1 is 0.738 bits per heavy atom. The summed E-state index contributed by atoms with van der Waals surface area (Å²) in [4.78, 5) is 32.1. The Morgan fingerprint density at radius 3 is 1.95 bits per heavy atom. The lowest BCUT2D eigenvalue weighted by Gasteiger charge is -2.37. The maximum atomic E-state index is 14.7. The number of piperazine rings is 1. The first kappa shape index (κ1) is 29.4. The number of aryl methyl sites for hydroxylation is 2. The SMILES string of the molecule is Cc1cccc(C)c1CN1CCN(c2c(C)n(Cc3c(F)cccc3F)c(=O)n(CC(N)c3ccccc3)c2=O)CC1. The van der Waals surface area contributed by atoms with Crippen molar-refractivity contribution in [2.45, 2.75) is 46.4 Å². The average Bonchev–Trinajstić information content (AvgIpc) is 2.98. The molecule has 1 atom stereocenters. The van der Waals surface area contributed by atoms with Crippen molar-refractivity contribution in [3.05, 3.63) is 133 Å². The van der Waals surface area contributed by atoms with E-state index in [2.05, 4.69) is 36.9 Å². The third-order valence-corrected chi connectivity index (χ3v) is 8.36. The van der Waals surface area contributed by atoms with Gasteiger partial charge >= 0.3 is 5.69 Å². The number of rotatable bonds is 8. The highest BCUT2D eigenvalue weighted by atomic mass is 19.1. The summed E-state index contributed by atoms with van der Waals surface area (Å²) in [7, 11) is 0. The predicted molar refractivity (Wildman–Crippen MR) is 162 cm³/mol. The van der Waals surface area contributed by atoms with Gasteiger partial charge in [-0.3, -0.25) is 18.8 Å². The van der Waals surface area contributed by atoms with Crippen LogP contribution in [0.3, 0.4) is 0 Å². The molecular formula is C33H37F2N5O2. The van der Waals surface area contributed by atoms with E-state index in [1.165, 1.54) is 27.3 Å². The van der Waals surface area contributed by atoms with Crippen molar-refractivity contribution < 1.29 is 8.78 Å². The van der Waals surface area contributed by atoms with E-state index in [9.17, 15) is 18.4 Å². The van der Waals surface area contributed by atoms with Crippen LogP contribution < -0.4 is 21.9 Å². The Hall–Kier alpha value is -4.08. The molecule has 1 aromatic heterocycles. The molecule has 0 amide bonds. The Balaban J connectivity index is 1.50. The average molecular weight is 574 g/mol. The van der Waals surface area contributed by atoms with E-state index >= 15 is 0 Å².